The Morgan fingerprint density at radius 3 is 2.50 bits per heavy atom. The van der Waals surface area contributed by atoms with E-state index in [9.17, 15) is 4.79 Å². The van der Waals surface area contributed by atoms with Crippen molar-refractivity contribution in [3.05, 3.63) is 71.8 Å². The van der Waals surface area contributed by atoms with Crippen LogP contribution in [-0.2, 0) is 11.2 Å². The summed E-state index contributed by atoms with van der Waals surface area (Å²) in [5.74, 6) is 0.225. The van der Waals surface area contributed by atoms with E-state index in [1.807, 2.05) is 43.4 Å². The van der Waals surface area contributed by atoms with Crippen LogP contribution in [0.15, 0.2) is 60.7 Å². The van der Waals surface area contributed by atoms with Crippen LogP contribution in [0.25, 0.3) is 0 Å². The fourth-order valence-electron chi connectivity index (χ4n) is 3.55. The second-order valence-electron chi connectivity index (χ2n) is 6.92. The number of morpholine rings is 1. The summed E-state index contributed by atoms with van der Waals surface area (Å²) in [5.41, 5.74) is 1.72. The Bertz CT molecular complexity index is 690. The van der Waals surface area contributed by atoms with Crippen LogP contribution in [0.1, 0.15) is 28.8 Å². The smallest absolute Gasteiger partial charge is 0.162 e. The van der Waals surface area contributed by atoms with Gasteiger partial charge in [0.1, 0.15) is 5.72 Å². The lowest BCUT2D eigenvalue weighted by atomic mass is 10.00. The molecule has 3 rings (SSSR count). The fraction of sp³-hybridized carbons (Fsp3) is 0.409. The van der Waals surface area contributed by atoms with E-state index in [4.69, 9.17) is 4.74 Å². The summed E-state index contributed by atoms with van der Waals surface area (Å²) < 4.78 is 6.13. The lowest BCUT2D eigenvalue weighted by molar-refractivity contribution is -0.125. The molecule has 1 aliphatic rings. The first kappa shape index (κ1) is 18.8. The van der Waals surface area contributed by atoms with Crippen LogP contribution in [0, 0.1) is 0 Å². The molecular formula is C22H28N2O2. The Morgan fingerprint density at radius 1 is 1.12 bits per heavy atom. The SMILES string of the molecule is CNC1(Cc2ccccc2)CN(CCCC(=O)c2ccccc2)CCO1. The number of benzene rings is 2. The minimum Gasteiger partial charge on any atom is -0.358 e. The number of carbonyl (C=O) groups excluding carboxylic acids is 1. The Hall–Kier alpha value is -2.01. The van der Waals surface area contributed by atoms with Gasteiger partial charge in [0.2, 0.25) is 0 Å². The number of rotatable bonds is 8. The lowest BCUT2D eigenvalue weighted by Crippen LogP contribution is -2.60. The van der Waals surface area contributed by atoms with Crippen molar-refractivity contribution in [2.24, 2.45) is 0 Å². The predicted octanol–water partition coefficient (Wildman–Crippen LogP) is 3.14. The highest BCUT2D eigenvalue weighted by Gasteiger charge is 2.35. The molecule has 1 heterocycles. The van der Waals surface area contributed by atoms with E-state index in [0.717, 1.165) is 38.0 Å². The van der Waals surface area contributed by atoms with Gasteiger partial charge >= 0.3 is 0 Å². The molecule has 138 valence electrons. The van der Waals surface area contributed by atoms with Gasteiger partial charge in [-0.15, -0.1) is 0 Å². The summed E-state index contributed by atoms with van der Waals surface area (Å²) in [6.45, 7) is 3.37. The van der Waals surface area contributed by atoms with Crippen LogP contribution in [-0.4, -0.2) is 49.7 Å². The summed E-state index contributed by atoms with van der Waals surface area (Å²) in [7, 11) is 1.96. The third kappa shape index (κ3) is 5.01. The number of ketones is 1. The number of carbonyl (C=O) groups is 1. The molecule has 4 heteroatoms. The van der Waals surface area contributed by atoms with Crippen molar-refractivity contribution in [2.75, 3.05) is 33.3 Å². The minimum atomic E-state index is -0.358. The molecule has 0 bridgehead atoms. The molecule has 0 spiro atoms. The molecule has 0 aliphatic carbocycles. The molecule has 0 radical (unpaired) electrons. The van der Waals surface area contributed by atoms with Gasteiger partial charge < -0.3 is 4.74 Å². The monoisotopic (exact) mass is 352 g/mol. The van der Waals surface area contributed by atoms with E-state index in [1.165, 1.54) is 5.56 Å². The Balaban J connectivity index is 1.52. The molecule has 0 saturated carbocycles. The molecule has 1 fully saturated rings. The van der Waals surface area contributed by atoms with E-state index in [0.29, 0.717) is 13.0 Å². The number of likely N-dealkylation sites (N-methyl/N-ethyl adjacent to an activating group) is 1. The van der Waals surface area contributed by atoms with Crippen molar-refractivity contribution >= 4 is 5.78 Å². The average Bonchev–Trinajstić information content (AvgIpc) is 2.69. The number of ether oxygens (including phenoxy) is 1. The van der Waals surface area contributed by atoms with Gasteiger partial charge in [0.05, 0.1) is 6.61 Å². The largest absolute Gasteiger partial charge is 0.358 e. The van der Waals surface area contributed by atoms with E-state index in [1.54, 1.807) is 0 Å². The summed E-state index contributed by atoms with van der Waals surface area (Å²) in [6, 6.07) is 20.0. The summed E-state index contributed by atoms with van der Waals surface area (Å²) in [6.07, 6.45) is 2.30. The van der Waals surface area contributed by atoms with E-state index in [2.05, 4.69) is 34.5 Å². The maximum Gasteiger partial charge on any atom is 0.162 e. The van der Waals surface area contributed by atoms with E-state index < -0.39 is 0 Å². The number of nitrogens with one attached hydrogen (secondary N) is 1. The van der Waals surface area contributed by atoms with Crippen LogP contribution in [0.2, 0.25) is 0 Å². The van der Waals surface area contributed by atoms with Gasteiger partial charge in [-0.25, -0.2) is 0 Å². The number of nitrogens with zero attached hydrogens (tertiary/aromatic N) is 1. The fourth-order valence-corrected chi connectivity index (χ4v) is 3.55. The Labute approximate surface area is 156 Å². The third-order valence-electron chi connectivity index (χ3n) is 5.03. The van der Waals surface area contributed by atoms with Crippen molar-refractivity contribution < 1.29 is 9.53 Å². The summed E-state index contributed by atoms with van der Waals surface area (Å²) in [5, 5.41) is 3.39. The van der Waals surface area contributed by atoms with Crippen LogP contribution in [0.4, 0.5) is 0 Å². The van der Waals surface area contributed by atoms with Gasteiger partial charge in [0, 0.05) is 31.5 Å². The molecule has 26 heavy (non-hydrogen) atoms. The Morgan fingerprint density at radius 2 is 1.81 bits per heavy atom. The molecule has 0 amide bonds. The normalized spacial score (nSPS) is 20.8. The molecule has 4 nitrogen and oxygen atoms in total. The van der Waals surface area contributed by atoms with E-state index in [-0.39, 0.29) is 11.5 Å². The highest BCUT2D eigenvalue weighted by Crippen LogP contribution is 2.21. The number of Topliss-reactive ketones (excluding diaryl/α,β-unsaturated/α-hetero) is 1. The zero-order valence-corrected chi connectivity index (χ0v) is 15.5. The molecule has 0 aromatic heterocycles. The first-order chi connectivity index (χ1) is 12.7. The first-order valence-corrected chi connectivity index (χ1v) is 9.38. The van der Waals surface area contributed by atoms with Gasteiger partial charge in [-0.05, 0) is 25.6 Å². The van der Waals surface area contributed by atoms with Crippen molar-refractivity contribution in [3.63, 3.8) is 0 Å². The third-order valence-corrected chi connectivity index (χ3v) is 5.03. The zero-order chi connectivity index (χ0) is 18.2. The molecule has 2 aromatic rings. The molecule has 1 unspecified atom stereocenters. The summed E-state index contributed by atoms with van der Waals surface area (Å²) in [4.78, 5) is 14.7. The van der Waals surface area contributed by atoms with Gasteiger partial charge in [-0.3, -0.25) is 15.0 Å². The van der Waals surface area contributed by atoms with Crippen molar-refractivity contribution in [1.82, 2.24) is 10.2 Å². The van der Waals surface area contributed by atoms with Crippen LogP contribution >= 0.6 is 0 Å². The maximum absolute atomic E-state index is 12.3. The topological polar surface area (TPSA) is 41.6 Å². The highest BCUT2D eigenvalue weighted by molar-refractivity contribution is 5.95. The second kappa shape index (κ2) is 9.08. The molecule has 2 aromatic carbocycles. The Kier molecular flexibility index (Phi) is 6.56. The van der Waals surface area contributed by atoms with Gasteiger partial charge in [0.15, 0.2) is 5.78 Å². The maximum atomic E-state index is 12.3. The van der Waals surface area contributed by atoms with Crippen molar-refractivity contribution in [2.45, 2.75) is 25.0 Å². The van der Waals surface area contributed by atoms with Crippen LogP contribution < -0.4 is 5.32 Å². The van der Waals surface area contributed by atoms with Crippen molar-refractivity contribution in [1.29, 1.82) is 0 Å². The van der Waals surface area contributed by atoms with Crippen LogP contribution in [0.5, 0.6) is 0 Å². The van der Waals surface area contributed by atoms with Gasteiger partial charge in [-0.1, -0.05) is 60.7 Å². The first-order valence-electron chi connectivity index (χ1n) is 9.38. The number of hydrogen-bond donors (Lipinski definition) is 1. The van der Waals surface area contributed by atoms with Crippen LogP contribution in [0.3, 0.4) is 0 Å². The minimum absolute atomic E-state index is 0.225. The standard InChI is InChI=1S/C22H28N2O2/c1-23-22(17-19-9-4-2-5-10-19)18-24(15-16-26-22)14-8-13-21(25)20-11-6-3-7-12-20/h2-7,9-12,23H,8,13-18H2,1H3. The highest BCUT2D eigenvalue weighted by atomic mass is 16.5. The zero-order valence-electron chi connectivity index (χ0n) is 15.5. The summed E-state index contributed by atoms with van der Waals surface area (Å²) >= 11 is 0. The predicted molar refractivity (Wildman–Crippen MR) is 104 cm³/mol. The average molecular weight is 352 g/mol. The molecule has 1 N–H and O–H groups in total. The second-order valence-corrected chi connectivity index (χ2v) is 6.92. The molecule has 1 atom stereocenters. The lowest BCUT2D eigenvalue weighted by Gasteiger charge is -2.43. The number of hydrogen-bond acceptors (Lipinski definition) is 4. The van der Waals surface area contributed by atoms with Gasteiger partial charge in [-0.2, -0.15) is 0 Å². The van der Waals surface area contributed by atoms with E-state index >= 15 is 0 Å². The molecule has 1 saturated heterocycles. The van der Waals surface area contributed by atoms with Gasteiger partial charge in [0.25, 0.3) is 0 Å². The quantitative estimate of drug-likeness (QED) is 0.741. The molecule has 1 aliphatic heterocycles. The van der Waals surface area contributed by atoms with Crippen molar-refractivity contribution in [3.8, 4) is 0 Å². The molecular weight excluding hydrogens is 324 g/mol.